The highest BCUT2D eigenvalue weighted by molar-refractivity contribution is 7.89. The Hall–Kier alpha value is -0.920. The number of nitrogens with zero attached hydrogens (tertiary/aromatic N) is 4. The predicted octanol–water partition coefficient (Wildman–Crippen LogP) is 0.219. The van der Waals surface area contributed by atoms with E-state index in [-0.39, 0.29) is 0 Å². The Morgan fingerprint density at radius 3 is 2.05 bits per heavy atom. The van der Waals surface area contributed by atoms with Crippen LogP contribution < -0.4 is 0 Å². The molecule has 0 spiro atoms. The molecule has 1 aromatic heterocycles. The van der Waals surface area contributed by atoms with Gasteiger partial charge in [-0.2, -0.15) is 9.40 Å². The zero-order valence-corrected chi connectivity index (χ0v) is 13.3. The fourth-order valence-electron chi connectivity index (χ4n) is 3.64. The maximum atomic E-state index is 12.9. The van der Waals surface area contributed by atoms with Crippen LogP contribution in [-0.2, 0) is 17.1 Å². The van der Waals surface area contributed by atoms with Crippen molar-refractivity contribution >= 4 is 10.0 Å². The molecule has 2 atom stereocenters. The average molecular weight is 298 g/mol. The second kappa shape index (κ2) is 4.54. The number of sulfonamides is 1. The number of likely N-dealkylation sites (tertiary alicyclic amines) is 1. The van der Waals surface area contributed by atoms with Crippen LogP contribution in [0.15, 0.2) is 4.90 Å². The highest BCUT2D eigenvalue weighted by Gasteiger charge is 2.44. The maximum absolute atomic E-state index is 12.9. The van der Waals surface area contributed by atoms with Crippen molar-refractivity contribution in [3.05, 3.63) is 11.4 Å². The standard InChI is InChI=1S/C13H22N4O2S/c1-9-13(10(2)16(4)14-9)20(18,19)17-7-11-5-15(3)6-12(11)8-17/h11-12H,5-8H2,1-4H3. The first-order valence-electron chi connectivity index (χ1n) is 6.99. The minimum absolute atomic E-state index is 0.397. The van der Waals surface area contributed by atoms with Crippen molar-refractivity contribution in [3.8, 4) is 0 Å². The van der Waals surface area contributed by atoms with Crippen LogP contribution in [-0.4, -0.2) is 60.6 Å². The number of rotatable bonds is 2. The second-order valence-corrected chi connectivity index (χ2v) is 8.06. The zero-order valence-electron chi connectivity index (χ0n) is 12.5. The summed E-state index contributed by atoms with van der Waals surface area (Å²) in [7, 11) is 0.483. The highest BCUT2D eigenvalue weighted by atomic mass is 32.2. The van der Waals surface area contributed by atoms with Crippen molar-refractivity contribution in [1.82, 2.24) is 19.0 Å². The molecule has 2 fully saturated rings. The molecule has 2 saturated heterocycles. The second-order valence-electron chi connectivity index (χ2n) is 6.19. The van der Waals surface area contributed by atoms with Gasteiger partial charge in [-0.3, -0.25) is 4.68 Å². The van der Waals surface area contributed by atoms with E-state index < -0.39 is 10.0 Å². The molecular formula is C13H22N4O2S. The van der Waals surface area contributed by atoms with Crippen LogP contribution in [0.1, 0.15) is 11.4 Å². The lowest BCUT2D eigenvalue weighted by Gasteiger charge is -2.19. The molecule has 0 amide bonds. The summed E-state index contributed by atoms with van der Waals surface area (Å²) in [4.78, 5) is 2.69. The first-order valence-corrected chi connectivity index (χ1v) is 8.43. The van der Waals surface area contributed by atoms with Crippen molar-refractivity contribution in [2.75, 3.05) is 33.2 Å². The zero-order chi connectivity index (χ0) is 14.7. The Labute approximate surface area is 120 Å². The van der Waals surface area contributed by atoms with E-state index >= 15 is 0 Å². The number of fused-ring (bicyclic) bond motifs is 1. The van der Waals surface area contributed by atoms with Crippen LogP contribution in [0, 0.1) is 25.7 Å². The molecule has 0 saturated carbocycles. The van der Waals surface area contributed by atoms with Gasteiger partial charge in [-0.15, -0.1) is 0 Å². The fourth-order valence-corrected chi connectivity index (χ4v) is 5.59. The van der Waals surface area contributed by atoms with E-state index in [1.807, 2.05) is 6.92 Å². The molecule has 0 radical (unpaired) electrons. The van der Waals surface area contributed by atoms with Gasteiger partial charge in [0.2, 0.25) is 10.0 Å². The summed E-state index contributed by atoms with van der Waals surface area (Å²) in [6, 6.07) is 0. The normalized spacial score (nSPS) is 28.2. The molecule has 0 aromatic carbocycles. The van der Waals surface area contributed by atoms with Gasteiger partial charge in [0.1, 0.15) is 4.90 Å². The molecule has 112 valence electrons. The van der Waals surface area contributed by atoms with Crippen molar-refractivity contribution < 1.29 is 8.42 Å². The summed E-state index contributed by atoms with van der Waals surface area (Å²) in [6.45, 7) is 6.88. The molecule has 3 rings (SSSR count). The molecule has 2 aliphatic heterocycles. The number of hydrogen-bond donors (Lipinski definition) is 0. The average Bonchev–Trinajstić information content (AvgIpc) is 2.92. The topological polar surface area (TPSA) is 58.4 Å². The lowest BCUT2D eigenvalue weighted by atomic mass is 10.0. The van der Waals surface area contributed by atoms with Crippen molar-refractivity contribution in [2.45, 2.75) is 18.7 Å². The van der Waals surface area contributed by atoms with Crippen LogP contribution >= 0.6 is 0 Å². The van der Waals surface area contributed by atoms with Gasteiger partial charge in [-0.05, 0) is 32.7 Å². The minimum atomic E-state index is -3.41. The summed E-state index contributed by atoms with van der Waals surface area (Å²) in [6.07, 6.45) is 0. The molecule has 0 N–H and O–H groups in total. The third-order valence-electron chi connectivity index (χ3n) is 4.68. The predicted molar refractivity (Wildman–Crippen MR) is 75.9 cm³/mol. The Kier molecular flexibility index (Phi) is 3.19. The van der Waals surface area contributed by atoms with E-state index in [0.717, 1.165) is 18.8 Å². The van der Waals surface area contributed by atoms with Crippen molar-refractivity contribution in [2.24, 2.45) is 18.9 Å². The third kappa shape index (κ3) is 1.99. The monoisotopic (exact) mass is 298 g/mol. The van der Waals surface area contributed by atoms with Gasteiger partial charge in [-0.1, -0.05) is 0 Å². The van der Waals surface area contributed by atoms with Crippen LogP contribution in [0.3, 0.4) is 0 Å². The SMILES string of the molecule is Cc1nn(C)c(C)c1S(=O)(=O)N1CC2CN(C)CC2C1. The highest BCUT2D eigenvalue weighted by Crippen LogP contribution is 2.34. The molecule has 7 heteroatoms. The van der Waals surface area contributed by atoms with E-state index in [1.165, 1.54) is 0 Å². The first-order chi connectivity index (χ1) is 9.30. The molecular weight excluding hydrogens is 276 g/mol. The Morgan fingerprint density at radius 2 is 1.60 bits per heavy atom. The summed E-state index contributed by atoms with van der Waals surface area (Å²) in [5.41, 5.74) is 1.32. The van der Waals surface area contributed by atoms with E-state index in [9.17, 15) is 8.42 Å². The first kappa shape index (κ1) is 14.0. The summed E-state index contributed by atoms with van der Waals surface area (Å²) in [5.74, 6) is 0.958. The summed E-state index contributed by atoms with van der Waals surface area (Å²) < 4.78 is 29.0. The van der Waals surface area contributed by atoms with Crippen molar-refractivity contribution in [1.29, 1.82) is 0 Å². The molecule has 6 nitrogen and oxygen atoms in total. The van der Waals surface area contributed by atoms with E-state index in [2.05, 4.69) is 17.0 Å². The summed E-state index contributed by atoms with van der Waals surface area (Å²) >= 11 is 0. The lowest BCUT2D eigenvalue weighted by molar-refractivity contribution is 0.349. The molecule has 2 aliphatic rings. The fraction of sp³-hybridized carbons (Fsp3) is 0.769. The smallest absolute Gasteiger partial charge is 0.246 e. The number of hydrogen-bond acceptors (Lipinski definition) is 4. The Bertz CT molecular complexity index is 623. The van der Waals surface area contributed by atoms with Crippen LogP contribution in [0.25, 0.3) is 0 Å². The van der Waals surface area contributed by atoms with E-state index in [4.69, 9.17) is 0 Å². The van der Waals surface area contributed by atoms with Gasteiger partial charge in [0.05, 0.1) is 11.4 Å². The van der Waals surface area contributed by atoms with E-state index in [0.29, 0.717) is 35.5 Å². The van der Waals surface area contributed by atoms with E-state index in [1.54, 1.807) is 23.0 Å². The maximum Gasteiger partial charge on any atom is 0.246 e. The number of aryl methyl sites for hydroxylation is 2. The van der Waals surface area contributed by atoms with Gasteiger partial charge in [-0.25, -0.2) is 8.42 Å². The van der Waals surface area contributed by atoms with Crippen LogP contribution in [0.2, 0.25) is 0 Å². The minimum Gasteiger partial charge on any atom is -0.306 e. The van der Waals surface area contributed by atoms with Crippen LogP contribution in [0.4, 0.5) is 0 Å². The molecule has 0 aliphatic carbocycles. The quantitative estimate of drug-likeness (QED) is 0.784. The van der Waals surface area contributed by atoms with Gasteiger partial charge in [0, 0.05) is 33.2 Å². The lowest BCUT2D eigenvalue weighted by Crippen LogP contribution is -2.33. The van der Waals surface area contributed by atoms with Crippen LogP contribution in [0.5, 0.6) is 0 Å². The summed E-state index contributed by atoms with van der Waals surface area (Å²) in [5, 5.41) is 4.24. The number of aromatic nitrogens is 2. The molecule has 3 heterocycles. The third-order valence-corrected chi connectivity index (χ3v) is 6.76. The Balaban J connectivity index is 1.91. The molecule has 1 aromatic rings. The van der Waals surface area contributed by atoms with Gasteiger partial charge < -0.3 is 4.90 Å². The van der Waals surface area contributed by atoms with Crippen molar-refractivity contribution in [3.63, 3.8) is 0 Å². The molecule has 2 unspecified atom stereocenters. The molecule has 0 bridgehead atoms. The van der Waals surface area contributed by atoms with Gasteiger partial charge >= 0.3 is 0 Å². The largest absolute Gasteiger partial charge is 0.306 e. The van der Waals surface area contributed by atoms with Gasteiger partial charge in [0.15, 0.2) is 0 Å². The Morgan fingerprint density at radius 1 is 1.05 bits per heavy atom. The van der Waals surface area contributed by atoms with Gasteiger partial charge in [0.25, 0.3) is 0 Å². The molecule has 20 heavy (non-hydrogen) atoms.